The van der Waals surface area contributed by atoms with Crippen molar-refractivity contribution >= 4 is 30.6 Å². The third kappa shape index (κ3) is 4.02. The molecule has 2 aromatic carbocycles. The average molecular weight is 410 g/mol. The smallest absolute Gasteiger partial charge is 0.414 e. The van der Waals surface area contributed by atoms with Gasteiger partial charge in [-0.2, -0.15) is 4.39 Å². The minimum absolute atomic E-state index is 0.0258. The number of benzene rings is 2. The summed E-state index contributed by atoms with van der Waals surface area (Å²) in [7, 11) is 8.89. The van der Waals surface area contributed by atoms with Crippen molar-refractivity contribution in [2.24, 2.45) is 0 Å². The lowest BCUT2D eigenvalue weighted by Gasteiger charge is -2.13. The van der Waals surface area contributed by atoms with Crippen LogP contribution in [0.25, 0.3) is 11.0 Å². The maximum absolute atomic E-state index is 14.5. The number of nitrogens with zero attached hydrogens (tertiary/aromatic N) is 2. The molecule has 0 bridgehead atoms. The van der Waals surface area contributed by atoms with Crippen LogP contribution in [0.2, 0.25) is 0 Å². The van der Waals surface area contributed by atoms with Crippen LogP contribution in [0.15, 0.2) is 45.6 Å². The number of halogens is 1. The zero-order chi connectivity index (χ0) is 22.0. The standard InChI is InChI=1S/C20H16BFN2O6/c1-23(2)20(26)29-12-6-7-13-15(10-21)14(19(25)30-17(13)9-12)8-11-4-3-5-16(18(11)22)24(27)28/h3-7,9H,8,10H2,1-2H3. The van der Waals surface area contributed by atoms with E-state index in [1.807, 2.05) is 0 Å². The summed E-state index contributed by atoms with van der Waals surface area (Å²) in [6.07, 6.45) is -0.881. The van der Waals surface area contributed by atoms with Crippen LogP contribution in [-0.2, 0) is 12.7 Å². The van der Waals surface area contributed by atoms with Gasteiger partial charge < -0.3 is 14.1 Å². The first-order valence-electron chi connectivity index (χ1n) is 8.82. The van der Waals surface area contributed by atoms with E-state index in [-0.39, 0.29) is 35.2 Å². The number of ether oxygens (including phenoxy) is 1. The van der Waals surface area contributed by atoms with E-state index in [0.717, 1.165) is 6.07 Å². The van der Waals surface area contributed by atoms with Crippen molar-refractivity contribution in [3.8, 4) is 5.75 Å². The summed E-state index contributed by atoms with van der Waals surface area (Å²) < 4.78 is 25.0. The van der Waals surface area contributed by atoms with Gasteiger partial charge in [0.2, 0.25) is 5.82 Å². The van der Waals surface area contributed by atoms with Gasteiger partial charge in [-0.05, 0) is 23.3 Å². The van der Waals surface area contributed by atoms with Crippen molar-refractivity contribution in [2.75, 3.05) is 14.1 Å². The molecule has 0 aliphatic rings. The van der Waals surface area contributed by atoms with Crippen LogP contribution in [0.4, 0.5) is 14.9 Å². The normalized spacial score (nSPS) is 10.8. The monoisotopic (exact) mass is 410 g/mol. The fourth-order valence-electron chi connectivity index (χ4n) is 2.99. The van der Waals surface area contributed by atoms with Crippen LogP contribution in [0.5, 0.6) is 5.75 Å². The van der Waals surface area contributed by atoms with Crippen LogP contribution >= 0.6 is 0 Å². The summed E-state index contributed by atoms with van der Waals surface area (Å²) in [5.41, 5.74) is -0.806. The van der Waals surface area contributed by atoms with Gasteiger partial charge in [-0.3, -0.25) is 10.1 Å². The van der Waals surface area contributed by atoms with Crippen molar-refractivity contribution in [3.05, 3.63) is 79.4 Å². The summed E-state index contributed by atoms with van der Waals surface area (Å²) in [5, 5.41) is 11.5. The van der Waals surface area contributed by atoms with Gasteiger partial charge in [-0.1, -0.05) is 18.5 Å². The molecule has 0 spiro atoms. The molecule has 3 aromatic rings. The topological polar surface area (TPSA) is 103 Å². The molecule has 10 heteroatoms. The predicted molar refractivity (Wildman–Crippen MR) is 108 cm³/mol. The highest BCUT2D eigenvalue weighted by Gasteiger charge is 2.21. The third-order valence-corrected chi connectivity index (χ3v) is 4.49. The van der Waals surface area contributed by atoms with E-state index in [4.69, 9.17) is 17.0 Å². The Morgan fingerprint density at radius 3 is 2.63 bits per heavy atom. The summed E-state index contributed by atoms with van der Waals surface area (Å²) >= 11 is 0. The number of nitro groups is 1. The number of hydrogen-bond acceptors (Lipinski definition) is 6. The Balaban J connectivity index is 2.08. The average Bonchev–Trinajstić information content (AvgIpc) is 2.69. The number of carbonyl (C=O) groups is 1. The molecule has 0 saturated heterocycles. The molecule has 2 radical (unpaired) electrons. The predicted octanol–water partition coefficient (Wildman–Crippen LogP) is 3.16. The van der Waals surface area contributed by atoms with Crippen molar-refractivity contribution in [1.29, 1.82) is 0 Å². The van der Waals surface area contributed by atoms with Gasteiger partial charge in [-0.15, -0.1) is 0 Å². The van der Waals surface area contributed by atoms with Crippen LogP contribution in [0.1, 0.15) is 16.7 Å². The molecule has 0 atom stereocenters. The Labute approximate surface area is 171 Å². The zero-order valence-corrected chi connectivity index (χ0v) is 16.2. The highest BCUT2D eigenvalue weighted by molar-refractivity contribution is 6.10. The first-order valence-corrected chi connectivity index (χ1v) is 8.82. The molecule has 1 heterocycles. The lowest BCUT2D eigenvalue weighted by atomic mass is 9.88. The Morgan fingerprint density at radius 1 is 1.27 bits per heavy atom. The molecule has 30 heavy (non-hydrogen) atoms. The summed E-state index contributed by atoms with van der Waals surface area (Å²) in [4.78, 5) is 35.7. The minimum Gasteiger partial charge on any atom is -0.422 e. The lowest BCUT2D eigenvalue weighted by Crippen LogP contribution is -2.25. The van der Waals surface area contributed by atoms with E-state index in [2.05, 4.69) is 0 Å². The first kappa shape index (κ1) is 21.0. The number of fused-ring (bicyclic) bond motifs is 1. The molecule has 1 aromatic heterocycles. The number of carbonyl (C=O) groups excluding carboxylic acids is 1. The van der Waals surface area contributed by atoms with E-state index in [0.29, 0.717) is 10.9 Å². The van der Waals surface area contributed by atoms with Crippen molar-refractivity contribution in [1.82, 2.24) is 4.90 Å². The minimum atomic E-state index is -1.02. The fraction of sp³-hybridized carbons (Fsp3) is 0.200. The molecule has 1 amide bonds. The second-order valence-corrected chi connectivity index (χ2v) is 6.66. The molecule has 152 valence electrons. The van der Waals surface area contributed by atoms with Gasteiger partial charge in [0, 0.05) is 43.6 Å². The van der Waals surface area contributed by atoms with E-state index in [9.17, 15) is 24.1 Å². The summed E-state index contributed by atoms with van der Waals surface area (Å²) in [6.45, 7) is 0. The maximum Gasteiger partial charge on any atom is 0.414 e. The number of amides is 1. The Hall–Kier alpha value is -3.69. The van der Waals surface area contributed by atoms with Gasteiger partial charge in [0.25, 0.3) is 0 Å². The SMILES string of the molecule is [B]Cc1c(Cc2cccc([N+](=O)[O-])c2F)c(=O)oc2cc(OC(=O)N(C)C)ccc12. The molecule has 0 aliphatic heterocycles. The van der Waals surface area contributed by atoms with Crippen LogP contribution < -0.4 is 10.4 Å². The molecule has 3 rings (SSSR count). The highest BCUT2D eigenvalue weighted by atomic mass is 19.1. The van der Waals surface area contributed by atoms with E-state index in [1.54, 1.807) is 6.07 Å². The van der Waals surface area contributed by atoms with E-state index < -0.39 is 28.1 Å². The number of nitro benzene ring substituents is 1. The largest absolute Gasteiger partial charge is 0.422 e. The highest BCUT2D eigenvalue weighted by Crippen LogP contribution is 2.28. The van der Waals surface area contributed by atoms with Gasteiger partial charge in [0.1, 0.15) is 11.3 Å². The molecule has 0 fully saturated rings. The molecular formula is C20H16BFN2O6. The van der Waals surface area contributed by atoms with Gasteiger partial charge in [-0.25, -0.2) is 9.59 Å². The fourth-order valence-corrected chi connectivity index (χ4v) is 2.99. The second-order valence-electron chi connectivity index (χ2n) is 6.66. The van der Waals surface area contributed by atoms with Crippen LogP contribution in [0.3, 0.4) is 0 Å². The maximum atomic E-state index is 14.5. The van der Waals surface area contributed by atoms with Gasteiger partial charge >= 0.3 is 17.4 Å². The van der Waals surface area contributed by atoms with E-state index >= 15 is 0 Å². The molecule has 8 nitrogen and oxygen atoms in total. The summed E-state index contributed by atoms with van der Waals surface area (Å²) in [6, 6.07) is 8.21. The summed E-state index contributed by atoms with van der Waals surface area (Å²) in [5.74, 6) is -0.847. The van der Waals surface area contributed by atoms with Crippen molar-refractivity contribution in [2.45, 2.75) is 12.7 Å². The van der Waals surface area contributed by atoms with Gasteiger partial charge in [0.05, 0.1) is 12.8 Å². The number of hydrogen-bond donors (Lipinski definition) is 0. The molecule has 0 N–H and O–H groups in total. The molecule has 0 unspecified atom stereocenters. The third-order valence-electron chi connectivity index (χ3n) is 4.49. The quantitative estimate of drug-likeness (QED) is 0.277. The Kier molecular flexibility index (Phi) is 5.86. The molecule has 0 aliphatic carbocycles. The van der Waals surface area contributed by atoms with Crippen molar-refractivity contribution < 1.29 is 23.3 Å². The lowest BCUT2D eigenvalue weighted by molar-refractivity contribution is -0.387. The van der Waals surface area contributed by atoms with E-state index in [1.165, 1.54) is 43.3 Å². The van der Waals surface area contributed by atoms with Crippen LogP contribution in [0, 0.1) is 15.9 Å². The zero-order valence-electron chi connectivity index (χ0n) is 16.2. The van der Waals surface area contributed by atoms with Crippen LogP contribution in [-0.4, -0.2) is 37.9 Å². The Bertz CT molecular complexity index is 1210. The van der Waals surface area contributed by atoms with Crippen molar-refractivity contribution in [3.63, 3.8) is 0 Å². The molecule has 0 saturated carbocycles. The first-order chi connectivity index (χ1) is 14.2. The Morgan fingerprint density at radius 2 is 2.00 bits per heavy atom. The second kappa shape index (κ2) is 8.36. The number of rotatable bonds is 5. The molecular weight excluding hydrogens is 394 g/mol. The van der Waals surface area contributed by atoms with Gasteiger partial charge in [0.15, 0.2) is 0 Å².